The summed E-state index contributed by atoms with van der Waals surface area (Å²) in [7, 11) is 0. The monoisotopic (exact) mass is 284 g/mol. The van der Waals surface area contributed by atoms with Crippen molar-refractivity contribution in [3.05, 3.63) is 16.1 Å². The van der Waals surface area contributed by atoms with Gasteiger partial charge in [0, 0.05) is 18.3 Å². The number of hydrogen-bond donors (Lipinski definition) is 4. The highest BCUT2D eigenvalue weighted by Gasteiger charge is 2.22. The van der Waals surface area contributed by atoms with Crippen LogP contribution in [0.5, 0.6) is 0 Å². The molecule has 1 aromatic heterocycles. The van der Waals surface area contributed by atoms with Crippen LogP contribution in [0.2, 0.25) is 0 Å². The Balaban J connectivity index is 1.76. The van der Waals surface area contributed by atoms with Crippen LogP contribution in [0, 0.1) is 0 Å². The molecule has 1 aromatic rings. The van der Waals surface area contributed by atoms with Gasteiger partial charge in [0.1, 0.15) is 5.01 Å². The Morgan fingerprint density at radius 1 is 1.58 bits per heavy atom. The number of nitrogens with one attached hydrogen (secondary N) is 3. The molecule has 4 N–H and O–H groups in total. The molecule has 0 aliphatic carbocycles. The smallest absolute Gasteiger partial charge is 0.355 e. The number of rotatable bonds is 4. The molecule has 1 atom stereocenters. The van der Waals surface area contributed by atoms with E-state index in [9.17, 15) is 14.4 Å². The molecule has 1 saturated heterocycles. The third-order valence-corrected chi connectivity index (χ3v) is 3.33. The highest BCUT2D eigenvalue weighted by Crippen LogP contribution is 2.09. The Labute approximate surface area is 112 Å². The van der Waals surface area contributed by atoms with Crippen molar-refractivity contribution in [2.45, 2.75) is 19.0 Å². The van der Waals surface area contributed by atoms with Gasteiger partial charge in [-0.3, -0.25) is 4.79 Å². The SMILES string of the molecule is O=C1CC(NC(=O)NCc2nc(C(=O)O)cs2)CN1. The molecule has 1 unspecified atom stereocenters. The number of carboxylic acids is 1. The standard InChI is InChI=1S/C10H12N4O4S/c15-7-1-5(2-11-7)13-10(18)12-3-8-14-6(4-19-8)9(16)17/h4-5H,1-3H2,(H,11,15)(H,16,17)(H2,12,13,18). The summed E-state index contributed by atoms with van der Waals surface area (Å²) in [5, 5.41) is 18.4. The second-order valence-electron chi connectivity index (χ2n) is 3.96. The van der Waals surface area contributed by atoms with Crippen LogP contribution in [-0.2, 0) is 11.3 Å². The minimum Gasteiger partial charge on any atom is -0.476 e. The van der Waals surface area contributed by atoms with E-state index in [1.807, 2.05) is 0 Å². The van der Waals surface area contributed by atoms with Crippen LogP contribution in [0.4, 0.5) is 4.79 Å². The molecule has 102 valence electrons. The summed E-state index contributed by atoms with van der Waals surface area (Å²) in [5.74, 6) is -1.18. The average molecular weight is 284 g/mol. The molecule has 2 heterocycles. The van der Waals surface area contributed by atoms with Gasteiger partial charge < -0.3 is 21.1 Å². The predicted octanol–water partition coefficient (Wildman–Crippen LogP) is -0.471. The van der Waals surface area contributed by atoms with E-state index in [-0.39, 0.29) is 30.6 Å². The molecule has 0 spiro atoms. The Hall–Kier alpha value is -2.16. The van der Waals surface area contributed by atoms with Crippen molar-refractivity contribution in [1.82, 2.24) is 20.9 Å². The van der Waals surface area contributed by atoms with E-state index in [0.29, 0.717) is 11.6 Å². The Kier molecular flexibility index (Phi) is 3.95. The van der Waals surface area contributed by atoms with Gasteiger partial charge in [0.25, 0.3) is 0 Å². The first kappa shape index (κ1) is 13.3. The van der Waals surface area contributed by atoms with Crippen molar-refractivity contribution < 1.29 is 19.5 Å². The lowest BCUT2D eigenvalue weighted by Crippen LogP contribution is -2.42. The number of carbonyl (C=O) groups is 3. The third kappa shape index (κ3) is 3.65. The fourth-order valence-corrected chi connectivity index (χ4v) is 2.30. The second-order valence-corrected chi connectivity index (χ2v) is 4.91. The first-order valence-corrected chi connectivity index (χ1v) is 6.41. The maximum absolute atomic E-state index is 11.5. The van der Waals surface area contributed by atoms with Crippen molar-refractivity contribution in [3.63, 3.8) is 0 Å². The summed E-state index contributed by atoms with van der Waals surface area (Å²) in [4.78, 5) is 36.9. The number of carbonyl (C=O) groups excluding carboxylic acids is 2. The molecule has 19 heavy (non-hydrogen) atoms. The molecule has 0 radical (unpaired) electrons. The molecule has 3 amide bonds. The van der Waals surface area contributed by atoms with E-state index >= 15 is 0 Å². The molecular weight excluding hydrogens is 272 g/mol. The molecule has 1 fully saturated rings. The van der Waals surface area contributed by atoms with Gasteiger partial charge in [0.15, 0.2) is 5.69 Å². The van der Waals surface area contributed by atoms with Crippen LogP contribution in [0.25, 0.3) is 0 Å². The fraction of sp³-hybridized carbons (Fsp3) is 0.400. The lowest BCUT2D eigenvalue weighted by atomic mass is 10.3. The van der Waals surface area contributed by atoms with Crippen LogP contribution in [-0.4, -0.2) is 40.6 Å². The number of nitrogens with zero attached hydrogens (tertiary/aromatic N) is 1. The van der Waals surface area contributed by atoms with Crippen molar-refractivity contribution in [2.75, 3.05) is 6.54 Å². The number of aromatic nitrogens is 1. The van der Waals surface area contributed by atoms with Gasteiger partial charge in [-0.05, 0) is 0 Å². The van der Waals surface area contributed by atoms with Crippen LogP contribution >= 0.6 is 11.3 Å². The topological polar surface area (TPSA) is 120 Å². The number of urea groups is 1. The molecular formula is C10H12N4O4S. The lowest BCUT2D eigenvalue weighted by molar-refractivity contribution is -0.119. The van der Waals surface area contributed by atoms with E-state index < -0.39 is 12.0 Å². The Morgan fingerprint density at radius 3 is 2.95 bits per heavy atom. The first-order chi connectivity index (χ1) is 9.04. The zero-order valence-corrected chi connectivity index (χ0v) is 10.6. The lowest BCUT2D eigenvalue weighted by Gasteiger charge is -2.10. The second kappa shape index (κ2) is 5.65. The maximum Gasteiger partial charge on any atom is 0.355 e. The average Bonchev–Trinajstić information content (AvgIpc) is 2.96. The zero-order chi connectivity index (χ0) is 13.8. The summed E-state index contributed by atoms with van der Waals surface area (Å²) in [6.07, 6.45) is 0.272. The third-order valence-electron chi connectivity index (χ3n) is 2.48. The van der Waals surface area contributed by atoms with E-state index in [1.165, 1.54) is 5.38 Å². The quantitative estimate of drug-likeness (QED) is 0.595. The molecule has 0 bridgehead atoms. The van der Waals surface area contributed by atoms with E-state index in [2.05, 4.69) is 20.9 Å². The molecule has 2 rings (SSSR count). The Bertz CT molecular complexity index is 515. The fourth-order valence-electron chi connectivity index (χ4n) is 1.59. The van der Waals surface area contributed by atoms with Gasteiger partial charge in [-0.2, -0.15) is 0 Å². The number of thiazole rings is 1. The van der Waals surface area contributed by atoms with E-state index in [0.717, 1.165) is 11.3 Å². The largest absolute Gasteiger partial charge is 0.476 e. The normalized spacial score (nSPS) is 17.9. The Morgan fingerprint density at radius 2 is 2.37 bits per heavy atom. The summed E-state index contributed by atoms with van der Waals surface area (Å²) < 4.78 is 0. The highest BCUT2D eigenvalue weighted by atomic mass is 32.1. The van der Waals surface area contributed by atoms with Gasteiger partial charge in [0.05, 0.1) is 12.6 Å². The van der Waals surface area contributed by atoms with Crippen molar-refractivity contribution in [1.29, 1.82) is 0 Å². The van der Waals surface area contributed by atoms with Crippen LogP contribution < -0.4 is 16.0 Å². The van der Waals surface area contributed by atoms with Crippen LogP contribution in [0.15, 0.2) is 5.38 Å². The zero-order valence-electron chi connectivity index (χ0n) is 9.80. The van der Waals surface area contributed by atoms with Crippen LogP contribution in [0.1, 0.15) is 21.9 Å². The number of aromatic carboxylic acids is 1. The summed E-state index contributed by atoms with van der Waals surface area (Å²) in [6.45, 7) is 0.574. The summed E-state index contributed by atoms with van der Waals surface area (Å²) in [5.41, 5.74) is -0.0344. The van der Waals surface area contributed by atoms with Gasteiger partial charge in [0.2, 0.25) is 5.91 Å². The molecule has 0 saturated carbocycles. The van der Waals surface area contributed by atoms with Crippen molar-refractivity contribution >= 4 is 29.2 Å². The minimum atomic E-state index is -1.09. The molecule has 8 nitrogen and oxygen atoms in total. The highest BCUT2D eigenvalue weighted by molar-refractivity contribution is 7.09. The molecule has 1 aliphatic rings. The van der Waals surface area contributed by atoms with Gasteiger partial charge in [-0.1, -0.05) is 0 Å². The molecule has 9 heteroatoms. The number of carboxylic acid groups (broad SMARTS) is 1. The minimum absolute atomic E-state index is 0.0344. The summed E-state index contributed by atoms with van der Waals surface area (Å²) >= 11 is 1.16. The first-order valence-electron chi connectivity index (χ1n) is 5.53. The van der Waals surface area contributed by atoms with Gasteiger partial charge in [-0.25, -0.2) is 14.6 Å². The number of hydrogen-bond acceptors (Lipinski definition) is 5. The molecule has 0 aromatic carbocycles. The predicted molar refractivity (Wildman–Crippen MR) is 65.9 cm³/mol. The maximum atomic E-state index is 11.5. The van der Waals surface area contributed by atoms with E-state index in [1.54, 1.807) is 0 Å². The number of amides is 3. The van der Waals surface area contributed by atoms with E-state index in [4.69, 9.17) is 5.11 Å². The summed E-state index contributed by atoms with van der Waals surface area (Å²) in [6, 6.07) is -0.619. The molecule has 1 aliphatic heterocycles. The van der Waals surface area contributed by atoms with Gasteiger partial charge in [-0.15, -0.1) is 11.3 Å². The van der Waals surface area contributed by atoms with Gasteiger partial charge >= 0.3 is 12.0 Å². The van der Waals surface area contributed by atoms with Crippen molar-refractivity contribution in [3.8, 4) is 0 Å². The van der Waals surface area contributed by atoms with Crippen LogP contribution in [0.3, 0.4) is 0 Å². The van der Waals surface area contributed by atoms with Crippen molar-refractivity contribution in [2.24, 2.45) is 0 Å².